The molecule has 1 saturated heterocycles. The summed E-state index contributed by atoms with van der Waals surface area (Å²) in [5.41, 5.74) is 1.82. The average molecular weight is 290 g/mol. The number of aromatic nitrogens is 3. The molecule has 0 bridgehead atoms. The first-order chi connectivity index (χ1) is 10.1. The fourth-order valence-electron chi connectivity index (χ4n) is 2.24. The highest BCUT2D eigenvalue weighted by atomic mass is 16.7. The van der Waals surface area contributed by atoms with Crippen molar-refractivity contribution in [2.45, 2.75) is 19.3 Å². The molecule has 0 saturated carbocycles. The van der Waals surface area contributed by atoms with E-state index in [4.69, 9.17) is 9.47 Å². The Morgan fingerprint density at radius 1 is 1.43 bits per heavy atom. The van der Waals surface area contributed by atoms with E-state index in [0.717, 1.165) is 17.3 Å². The highest BCUT2D eigenvalue weighted by Gasteiger charge is 2.33. The Balaban J connectivity index is 1.81. The molecule has 1 aromatic carbocycles. The van der Waals surface area contributed by atoms with Crippen LogP contribution < -0.4 is 0 Å². The molecular weight excluding hydrogens is 276 g/mol. The van der Waals surface area contributed by atoms with E-state index in [1.54, 1.807) is 0 Å². The molecule has 110 valence electrons. The summed E-state index contributed by atoms with van der Waals surface area (Å²) in [6, 6.07) is 7.64. The van der Waals surface area contributed by atoms with Crippen molar-refractivity contribution >= 4 is 5.82 Å². The van der Waals surface area contributed by atoms with E-state index >= 15 is 0 Å². The third-order valence-corrected chi connectivity index (χ3v) is 3.33. The third-order valence-electron chi connectivity index (χ3n) is 3.33. The van der Waals surface area contributed by atoms with Crippen LogP contribution in [0.5, 0.6) is 0 Å². The van der Waals surface area contributed by atoms with Gasteiger partial charge < -0.3 is 19.6 Å². The maximum Gasteiger partial charge on any atom is 0.410 e. The Labute approximate surface area is 120 Å². The van der Waals surface area contributed by atoms with Gasteiger partial charge in [0.2, 0.25) is 0 Å². The van der Waals surface area contributed by atoms with Crippen LogP contribution in [0.3, 0.4) is 0 Å². The maximum atomic E-state index is 10.6. The molecule has 3 rings (SSSR count). The highest BCUT2D eigenvalue weighted by molar-refractivity contribution is 5.27. The van der Waals surface area contributed by atoms with Gasteiger partial charge in [0.1, 0.15) is 6.54 Å². The Hall–Kier alpha value is -2.32. The Bertz CT molecular complexity index is 664. The van der Waals surface area contributed by atoms with E-state index in [9.17, 15) is 10.1 Å². The first-order valence-corrected chi connectivity index (χ1v) is 6.49. The summed E-state index contributed by atoms with van der Waals surface area (Å²) in [7, 11) is 0. The highest BCUT2D eigenvalue weighted by Crippen LogP contribution is 2.31. The smallest absolute Gasteiger partial charge is 0.358 e. The van der Waals surface area contributed by atoms with Gasteiger partial charge in [0, 0.05) is 5.56 Å². The van der Waals surface area contributed by atoms with Crippen molar-refractivity contribution in [2.24, 2.45) is 0 Å². The number of ether oxygens (including phenoxy) is 2. The third kappa shape index (κ3) is 2.76. The molecular formula is C13H14N4O4. The zero-order valence-electron chi connectivity index (χ0n) is 11.4. The van der Waals surface area contributed by atoms with Crippen LogP contribution in [0, 0.1) is 10.1 Å². The number of nitro groups is 1. The summed E-state index contributed by atoms with van der Waals surface area (Å²) in [5, 5.41) is 18.3. The topological polar surface area (TPSA) is 92.3 Å². The first-order valence-electron chi connectivity index (χ1n) is 6.49. The molecule has 1 aliphatic rings. The first kappa shape index (κ1) is 13.7. The van der Waals surface area contributed by atoms with Crippen LogP contribution in [-0.4, -0.2) is 33.1 Å². The predicted octanol–water partition coefficient (Wildman–Crippen LogP) is 1.45. The normalized spacial score (nSPS) is 17.0. The number of rotatable bonds is 4. The second-order valence-corrected chi connectivity index (χ2v) is 4.83. The van der Waals surface area contributed by atoms with Crippen LogP contribution in [0.1, 0.15) is 18.1 Å². The summed E-state index contributed by atoms with van der Waals surface area (Å²) in [6.07, 6.45) is 1.13. The second kappa shape index (κ2) is 5.23. The van der Waals surface area contributed by atoms with Gasteiger partial charge in [-0.15, -0.1) is 5.10 Å². The van der Waals surface area contributed by atoms with E-state index in [1.807, 2.05) is 31.2 Å². The van der Waals surface area contributed by atoms with Gasteiger partial charge >= 0.3 is 5.82 Å². The quantitative estimate of drug-likeness (QED) is 0.625. The molecule has 2 aromatic rings. The minimum absolute atomic E-state index is 0.263. The summed E-state index contributed by atoms with van der Waals surface area (Å²) < 4.78 is 11.2. The number of hydrogen-bond acceptors (Lipinski definition) is 6. The minimum atomic E-state index is -0.737. The van der Waals surface area contributed by atoms with Gasteiger partial charge in [-0.2, -0.15) is 0 Å². The summed E-state index contributed by atoms with van der Waals surface area (Å²) in [5.74, 6) is -1.000. The summed E-state index contributed by atoms with van der Waals surface area (Å²) >= 11 is 0. The lowest BCUT2D eigenvalue weighted by Gasteiger charge is -2.23. The van der Waals surface area contributed by atoms with Crippen LogP contribution in [0.15, 0.2) is 30.5 Å². The fraction of sp³-hybridized carbons (Fsp3) is 0.385. The van der Waals surface area contributed by atoms with Crippen molar-refractivity contribution in [1.82, 2.24) is 15.0 Å². The molecule has 0 spiro atoms. The van der Waals surface area contributed by atoms with Gasteiger partial charge in [0.15, 0.2) is 12.0 Å². The molecule has 0 atom stereocenters. The standard InChI is InChI=1S/C13H14N4O4/c1-13(20-5-6-21-13)11-4-2-3-10(7-11)9-16-14-8-12(15-16)17(18)19/h2-4,7-8H,5-6,9H2,1H3. The predicted molar refractivity (Wildman–Crippen MR) is 71.5 cm³/mol. The number of hydrogen-bond donors (Lipinski definition) is 0. The number of benzene rings is 1. The lowest BCUT2D eigenvalue weighted by Crippen LogP contribution is -2.22. The Kier molecular flexibility index (Phi) is 3.40. The molecule has 8 nitrogen and oxygen atoms in total. The molecule has 0 amide bonds. The van der Waals surface area contributed by atoms with Gasteiger partial charge in [-0.25, -0.2) is 0 Å². The Morgan fingerprint density at radius 3 is 2.86 bits per heavy atom. The van der Waals surface area contributed by atoms with Crippen LogP contribution >= 0.6 is 0 Å². The van der Waals surface area contributed by atoms with Crippen molar-refractivity contribution in [3.63, 3.8) is 0 Å². The SMILES string of the molecule is CC1(c2cccc(Cn3ncc([N+](=O)[O-])n3)c2)OCCO1. The van der Waals surface area contributed by atoms with E-state index in [-0.39, 0.29) is 5.82 Å². The van der Waals surface area contributed by atoms with Crippen molar-refractivity contribution in [3.05, 3.63) is 51.7 Å². The van der Waals surface area contributed by atoms with E-state index in [1.165, 1.54) is 4.80 Å². The molecule has 1 fully saturated rings. The van der Waals surface area contributed by atoms with E-state index < -0.39 is 10.7 Å². The largest absolute Gasteiger partial charge is 0.410 e. The molecule has 21 heavy (non-hydrogen) atoms. The van der Waals surface area contributed by atoms with Gasteiger partial charge in [-0.1, -0.05) is 23.0 Å². The second-order valence-electron chi connectivity index (χ2n) is 4.83. The molecule has 1 aromatic heterocycles. The lowest BCUT2D eigenvalue weighted by molar-refractivity contribution is -0.389. The summed E-state index contributed by atoms with van der Waals surface area (Å²) in [4.78, 5) is 11.3. The maximum absolute atomic E-state index is 10.6. The monoisotopic (exact) mass is 290 g/mol. The van der Waals surface area contributed by atoms with Crippen molar-refractivity contribution in [3.8, 4) is 0 Å². The van der Waals surface area contributed by atoms with Crippen LogP contribution in [0.25, 0.3) is 0 Å². The molecule has 8 heteroatoms. The zero-order chi connectivity index (χ0) is 14.9. The van der Waals surface area contributed by atoms with Crippen molar-refractivity contribution in [1.29, 1.82) is 0 Å². The van der Waals surface area contributed by atoms with Gasteiger partial charge in [-0.05, 0) is 23.5 Å². The Morgan fingerprint density at radius 2 is 2.19 bits per heavy atom. The van der Waals surface area contributed by atoms with Crippen LogP contribution in [0.2, 0.25) is 0 Å². The van der Waals surface area contributed by atoms with Crippen molar-refractivity contribution in [2.75, 3.05) is 13.2 Å². The van der Waals surface area contributed by atoms with E-state index in [0.29, 0.717) is 19.8 Å². The lowest BCUT2D eigenvalue weighted by atomic mass is 10.0. The molecule has 2 heterocycles. The molecule has 0 radical (unpaired) electrons. The van der Waals surface area contributed by atoms with Gasteiger partial charge in [0.25, 0.3) is 0 Å². The fourth-order valence-corrected chi connectivity index (χ4v) is 2.24. The average Bonchev–Trinajstić information content (AvgIpc) is 3.09. The zero-order valence-corrected chi connectivity index (χ0v) is 11.4. The molecule has 1 aliphatic heterocycles. The van der Waals surface area contributed by atoms with Crippen LogP contribution in [0.4, 0.5) is 5.82 Å². The van der Waals surface area contributed by atoms with Gasteiger partial charge in [-0.3, -0.25) is 0 Å². The van der Waals surface area contributed by atoms with E-state index in [2.05, 4.69) is 10.2 Å². The summed E-state index contributed by atoms with van der Waals surface area (Å²) in [6.45, 7) is 3.34. The van der Waals surface area contributed by atoms with Gasteiger partial charge in [0.05, 0.1) is 18.3 Å². The van der Waals surface area contributed by atoms with Crippen molar-refractivity contribution < 1.29 is 14.4 Å². The van der Waals surface area contributed by atoms with Crippen LogP contribution in [-0.2, 0) is 21.8 Å². The molecule has 0 N–H and O–H groups in total. The number of nitrogens with zero attached hydrogens (tertiary/aromatic N) is 4. The molecule has 0 unspecified atom stereocenters. The minimum Gasteiger partial charge on any atom is -0.358 e. The molecule has 0 aliphatic carbocycles.